The van der Waals surface area contributed by atoms with Crippen LogP contribution in [0.25, 0.3) is 0 Å². The summed E-state index contributed by atoms with van der Waals surface area (Å²) in [6.07, 6.45) is 0.0404. The van der Waals surface area contributed by atoms with E-state index in [2.05, 4.69) is 135 Å². The molecule has 1 aliphatic carbocycles. The van der Waals surface area contributed by atoms with Crippen LogP contribution in [0.3, 0.4) is 0 Å². The number of methoxy groups -OCH3 is 1. The number of benzene rings is 4. The zero-order valence-corrected chi connectivity index (χ0v) is 32.3. The molecule has 1 unspecified atom stereocenters. The van der Waals surface area contributed by atoms with Gasteiger partial charge in [-0.15, -0.1) is 0 Å². The van der Waals surface area contributed by atoms with Crippen molar-refractivity contribution >= 4 is 49.1 Å². The van der Waals surface area contributed by atoms with Crippen molar-refractivity contribution in [3.05, 3.63) is 148 Å². The summed E-state index contributed by atoms with van der Waals surface area (Å²) in [5.41, 5.74) is 5.61. The first-order valence-corrected chi connectivity index (χ1v) is 25.4. The van der Waals surface area contributed by atoms with E-state index in [9.17, 15) is 9.59 Å². The summed E-state index contributed by atoms with van der Waals surface area (Å²) >= 11 is -3.83. The molecule has 47 heavy (non-hydrogen) atoms. The normalized spacial score (nSPS) is 17.8. The molecule has 0 bridgehead atoms. The van der Waals surface area contributed by atoms with Crippen molar-refractivity contribution in [2.45, 2.75) is 57.8 Å². The van der Waals surface area contributed by atoms with Crippen LogP contribution in [-0.4, -0.2) is 45.5 Å². The Hall–Kier alpha value is -3.68. The van der Waals surface area contributed by atoms with Crippen LogP contribution in [0.2, 0.25) is 18.1 Å². The molecule has 0 saturated heterocycles. The molecule has 4 nitrogen and oxygen atoms in total. The van der Waals surface area contributed by atoms with Crippen LogP contribution < -0.4 is 10.7 Å². The number of rotatable bonds is 9. The van der Waals surface area contributed by atoms with Gasteiger partial charge in [0.05, 0.1) is 0 Å². The van der Waals surface area contributed by atoms with Crippen LogP contribution in [0.5, 0.6) is 0 Å². The molecule has 1 fully saturated rings. The maximum absolute atomic E-state index is 14.0. The Morgan fingerprint density at radius 2 is 1.15 bits per heavy atom. The molecule has 1 saturated carbocycles. The Labute approximate surface area is 285 Å². The number of ether oxygens (including phenoxy) is 2. The summed E-state index contributed by atoms with van der Waals surface area (Å²) in [7, 11) is -0.578. The van der Waals surface area contributed by atoms with E-state index in [0.717, 1.165) is 0 Å². The molecule has 0 heterocycles. The number of allylic oxidation sites excluding steroid dienone is 2. The predicted octanol–water partition coefficient (Wildman–Crippen LogP) is 7.46. The van der Waals surface area contributed by atoms with E-state index < -0.39 is 44.4 Å². The first kappa shape index (κ1) is 34.6. The van der Waals surface area contributed by atoms with Gasteiger partial charge < -0.3 is 0 Å². The van der Waals surface area contributed by atoms with Gasteiger partial charge in [-0.05, 0) is 0 Å². The Bertz CT molecular complexity index is 1630. The van der Waals surface area contributed by atoms with E-state index in [1.165, 1.54) is 29.0 Å². The van der Waals surface area contributed by atoms with Crippen LogP contribution in [0, 0.1) is 5.92 Å². The molecular formula is C41H46O4SiSn. The third kappa shape index (κ3) is 7.57. The number of hydrogen-bond acceptors (Lipinski definition) is 4. The summed E-state index contributed by atoms with van der Waals surface area (Å²) < 4.78 is 17.8. The molecule has 0 radical (unpaired) electrons. The Kier molecular flexibility index (Phi) is 10.8. The van der Waals surface area contributed by atoms with Crippen molar-refractivity contribution in [3.8, 4) is 0 Å². The van der Waals surface area contributed by atoms with Gasteiger partial charge in [-0.2, -0.15) is 0 Å². The SMILES string of the molecule is COC(=O)[C@@H](OC(=O)C1CC(=[CH][Sn]([c]2ccccc2)([c]2ccccc2)[c]2ccccc2)/C(=C\[Si](C)(C)C(C)(C)C)C1)c1ccccc1. The molecule has 242 valence electrons. The monoisotopic (exact) mass is 750 g/mol. The topological polar surface area (TPSA) is 52.6 Å². The molecule has 0 amide bonds. The van der Waals surface area contributed by atoms with Crippen molar-refractivity contribution < 1.29 is 19.1 Å². The second-order valence-corrected chi connectivity index (χ2v) is 29.7. The average molecular weight is 750 g/mol. The Morgan fingerprint density at radius 3 is 1.57 bits per heavy atom. The number of carbonyl (C=O) groups excluding carboxylic acids is 2. The molecule has 4 aromatic carbocycles. The fourth-order valence-corrected chi connectivity index (χ4v) is 20.7. The van der Waals surface area contributed by atoms with E-state index >= 15 is 0 Å². The summed E-state index contributed by atoms with van der Waals surface area (Å²) in [6.45, 7) is 11.8. The zero-order valence-electron chi connectivity index (χ0n) is 28.4. The first-order valence-electron chi connectivity index (χ1n) is 16.4. The van der Waals surface area contributed by atoms with E-state index in [-0.39, 0.29) is 11.0 Å². The maximum atomic E-state index is 14.0. The second-order valence-electron chi connectivity index (χ2n) is 14.1. The Balaban J connectivity index is 1.68. The molecule has 0 aliphatic heterocycles. The molecule has 2 atom stereocenters. The molecule has 0 aromatic heterocycles. The van der Waals surface area contributed by atoms with E-state index in [0.29, 0.717) is 18.4 Å². The van der Waals surface area contributed by atoms with Crippen molar-refractivity contribution in [3.63, 3.8) is 0 Å². The fourth-order valence-electron chi connectivity index (χ4n) is 6.30. The van der Waals surface area contributed by atoms with Gasteiger partial charge in [0.15, 0.2) is 0 Å². The number of carbonyl (C=O) groups is 2. The molecule has 1 aliphatic rings. The molecular weight excluding hydrogens is 703 g/mol. The molecule has 0 spiro atoms. The van der Waals surface area contributed by atoms with Crippen LogP contribution in [0.4, 0.5) is 0 Å². The standard InChI is InChI=1S/C23H31O4Si.3C6H5.Sn/c1-16-13-18(14-19(16)15-28(6,7)23(2,3)4)21(24)27-20(22(25)26-5)17-11-9-8-10-12-17;3*1-2-4-6-5-3-1;/h1,8-12,15,18,20H,13-14H2,2-7H3;3*1-5H;/b16-1?,19-15-;;;;/t18?,20-;;;;/m0..../s1. The molecule has 6 heteroatoms. The summed E-state index contributed by atoms with van der Waals surface area (Å²) in [4.78, 5) is 26.9. The van der Waals surface area contributed by atoms with Crippen LogP contribution in [0.1, 0.15) is 45.3 Å². The van der Waals surface area contributed by atoms with Crippen molar-refractivity contribution in [2.75, 3.05) is 7.11 Å². The predicted molar refractivity (Wildman–Crippen MR) is 197 cm³/mol. The second kappa shape index (κ2) is 14.6. The first-order chi connectivity index (χ1) is 22.5. The van der Waals surface area contributed by atoms with Gasteiger partial charge in [-0.1, -0.05) is 0 Å². The van der Waals surface area contributed by atoms with Crippen molar-refractivity contribution in [1.29, 1.82) is 0 Å². The van der Waals surface area contributed by atoms with E-state index in [1.807, 2.05) is 18.2 Å². The van der Waals surface area contributed by atoms with Crippen LogP contribution in [-0.2, 0) is 19.1 Å². The van der Waals surface area contributed by atoms with Gasteiger partial charge in [0.1, 0.15) is 0 Å². The van der Waals surface area contributed by atoms with Crippen LogP contribution in [0.15, 0.2) is 142 Å². The molecule has 5 rings (SSSR count). The zero-order chi connectivity index (χ0) is 33.7. The number of esters is 2. The van der Waals surface area contributed by atoms with E-state index in [1.54, 1.807) is 12.1 Å². The fraction of sp³-hybridized carbons (Fsp3) is 0.268. The van der Waals surface area contributed by atoms with Crippen molar-refractivity contribution in [1.82, 2.24) is 0 Å². The van der Waals surface area contributed by atoms with Crippen molar-refractivity contribution in [2.24, 2.45) is 5.92 Å². The van der Waals surface area contributed by atoms with Gasteiger partial charge in [0, 0.05) is 0 Å². The quantitative estimate of drug-likeness (QED) is 0.132. The third-order valence-electron chi connectivity index (χ3n) is 9.98. The Morgan fingerprint density at radius 1 is 0.723 bits per heavy atom. The third-order valence-corrected chi connectivity index (χ3v) is 27.8. The van der Waals surface area contributed by atoms with Gasteiger partial charge >= 0.3 is 287 Å². The van der Waals surface area contributed by atoms with Gasteiger partial charge in [0.2, 0.25) is 0 Å². The van der Waals surface area contributed by atoms with Crippen LogP contribution >= 0.6 is 0 Å². The molecule has 4 aromatic rings. The van der Waals surface area contributed by atoms with Gasteiger partial charge in [-0.25, -0.2) is 0 Å². The van der Waals surface area contributed by atoms with E-state index in [4.69, 9.17) is 9.47 Å². The molecule has 0 N–H and O–H groups in total. The number of hydrogen-bond donors (Lipinski definition) is 0. The summed E-state index contributed by atoms with van der Waals surface area (Å²) in [5, 5.41) is 0.131. The van der Waals surface area contributed by atoms with Gasteiger partial charge in [0.25, 0.3) is 0 Å². The minimum absolute atomic E-state index is 0.131. The summed E-state index contributed by atoms with van der Waals surface area (Å²) in [6, 6.07) is 41.9. The van der Waals surface area contributed by atoms with Gasteiger partial charge in [-0.3, -0.25) is 0 Å². The minimum atomic E-state index is -3.83. The average Bonchev–Trinajstić information content (AvgIpc) is 3.48. The summed E-state index contributed by atoms with van der Waals surface area (Å²) in [5.74, 6) is -1.35.